The number of carbonyl (C=O) groups excluding carboxylic acids is 1. The van der Waals surface area contributed by atoms with Gasteiger partial charge in [-0.05, 0) is 24.3 Å². The lowest BCUT2D eigenvalue weighted by Gasteiger charge is -2.14. The largest absolute Gasteiger partial charge is 0.330 e. The highest BCUT2D eigenvalue weighted by Gasteiger charge is 2.15. The van der Waals surface area contributed by atoms with E-state index in [9.17, 15) is 4.79 Å². The Kier molecular flexibility index (Phi) is 6.08. The first-order valence-electron chi connectivity index (χ1n) is 5.95. The molecule has 0 aromatic heterocycles. The SMILES string of the molecule is CCSc1ccccc1NC(=O)C(CC)CN. The van der Waals surface area contributed by atoms with Gasteiger partial charge in [-0.15, -0.1) is 11.8 Å². The fraction of sp³-hybridized carbons (Fsp3) is 0.462. The van der Waals surface area contributed by atoms with Gasteiger partial charge >= 0.3 is 0 Å². The number of hydrogen-bond donors (Lipinski definition) is 2. The van der Waals surface area contributed by atoms with Crippen LogP contribution in [-0.2, 0) is 4.79 Å². The molecule has 1 aromatic rings. The Morgan fingerprint density at radius 3 is 2.71 bits per heavy atom. The van der Waals surface area contributed by atoms with Crippen molar-refractivity contribution in [2.75, 3.05) is 17.6 Å². The van der Waals surface area contributed by atoms with Gasteiger partial charge in [0.1, 0.15) is 0 Å². The maximum absolute atomic E-state index is 11.9. The third-order valence-electron chi connectivity index (χ3n) is 2.59. The summed E-state index contributed by atoms with van der Waals surface area (Å²) in [6.45, 7) is 4.47. The minimum absolute atomic E-state index is 0.0131. The minimum Gasteiger partial charge on any atom is -0.330 e. The van der Waals surface area contributed by atoms with Crippen molar-refractivity contribution in [1.29, 1.82) is 0 Å². The van der Waals surface area contributed by atoms with Gasteiger partial charge in [0, 0.05) is 11.4 Å². The van der Waals surface area contributed by atoms with E-state index in [4.69, 9.17) is 5.73 Å². The van der Waals surface area contributed by atoms with Gasteiger partial charge in [-0.1, -0.05) is 26.0 Å². The topological polar surface area (TPSA) is 55.1 Å². The molecule has 0 saturated heterocycles. The summed E-state index contributed by atoms with van der Waals surface area (Å²) >= 11 is 1.72. The second-order valence-corrected chi connectivity index (χ2v) is 5.07. The Morgan fingerprint density at radius 2 is 2.12 bits per heavy atom. The van der Waals surface area contributed by atoms with Crippen LogP contribution < -0.4 is 11.1 Å². The highest BCUT2D eigenvalue weighted by atomic mass is 32.2. The highest BCUT2D eigenvalue weighted by molar-refractivity contribution is 7.99. The van der Waals surface area contributed by atoms with Gasteiger partial charge in [-0.25, -0.2) is 0 Å². The summed E-state index contributed by atoms with van der Waals surface area (Å²) in [6, 6.07) is 7.86. The zero-order valence-corrected chi connectivity index (χ0v) is 11.2. The molecule has 1 rings (SSSR count). The van der Waals surface area contributed by atoms with Gasteiger partial charge in [-0.3, -0.25) is 4.79 Å². The van der Waals surface area contributed by atoms with Crippen molar-refractivity contribution in [2.45, 2.75) is 25.2 Å². The molecule has 1 amide bonds. The number of carbonyl (C=O) groups is 1. The summed E-state index contributed by atoms with van der Waals surface area (Å²) in [4.78, 5) is 13.0. The Hall–Kier alpha value is -1.00. The minimum atomic E-state index is -0.102. The van der Waals surface area contributed by atoms with Crippen LogP contribution in [0.15, 0.2) is 29.2 Å². The van der Waals surface area contributed by atoms with Crippen molar-refractivity contribution in [3.05, 3.63) is 24.3 Å². The number of amides is 1. The van der Waals surface area contributed by atoms with Crippen LogP contribution in [0, 0.1) is 5.92 Å². The van der Waals surface area contributed by atoms with Crippen LogP contribution in [0.3, 0.4) is 0 Å². The molecule has 17 heavy (non-hydrogen) atoms. The molecule has 0 spiro atoms. The lowest BCUT2D eigenvalue weighted by molar-refractivity contribution is -0.119. The average Bonchev–Trinajstić information content (AvgIpc) is 2.33. The second-order valence-electron chi connectivity index (χ2n) is 3.76. The first-order chi connectivity index (χ1) is 8.22. The van der Waals surface area contributed by atoms with E-state index >= 15 is 0 Å². The van der Waals surface area contributed by atoms with Gasteiger partial charge < -0.3 is 11.1 Å². The molecule has 3 nitrogen and oxygen atoms in total. The summed E-state index contributed by atoms with van der Waals surface area (Å²) < 4.78 is 0. The van der Waals surface area contributed by atoms with E-state index in [1.165, 1.54) is 0 Å². The molecule has 0 fully saturated rings. The molecular weight excluding hydrogens is 232 g/mol. The number of para-hydroxylation sites is 1. The quantitative estimate of drug-likeness (QED) is 0.765. The number of nitrogens with two attached hydrogens (primary N) is 1. The number of rotatable bonds is 6. The molecule has 4 heteroatoms. The van der Waals surface area contributed by atoms with Crippen LogP contribution in [0.1, 0.15) is 20.3 Å². The predicted octanol–water partition coefficient (Wildman–Crippen LogP) is 2.72. The normalized spacial score (nSPS) is 12.2. The fourth-order valence-electron chi connectivity index (χ4n) is 1.55. The average molecular weight is 252 g/mol. The van der Waals surface area contributed by atoms with E-state index < -0.39 is 0 Å². The molecular formula is C13H20N2OS. The van der Waals surface area contributed by atoms with Gasteiger partial charge in [0.2, 0.25) is 5.91 Å². The van der Waals surface area contributed by atoms with Crippen LogP contribution in [-0.4, -0.2) is 18.2 Å². The molecule has 0 saturated carbocycles. The van der Waals surface area contributed by atoms with E-state index in [1.54, 1.807) is 11.8 Å². The lowest BCUT2D eigenvalue weighted by Crippen LogP contribution is -2.28. The summed E-state index contributed by atoms with van der Waals surface area (Å²) in [6.07, 6.45) is 0.769. The zero-order chi connectivity index (χ0) is 12.7. The maximum Gasteiger partial charge on any atom is 0.228 e. The molecule has 0 aliphatic rings. The molecule has 1 atom stereocenters. The first-order valence-corrected chi connectivity index (χ1v) is 6.94. The molecule has 94 valence electrons. The molecule has 0 heterocycles. The van der Waals surface area contributed by atoms with Crippen molar-refractivity contribution in [2.24, 2.45) is 11.7 Å². The van der Waals surface area contributed by atoms with Crippen LogP contribution in [0.25, 0.3) is 0 Å². The second kappa shape index (κ2) is 7.35. The molecule has 0 aliphatic carbocycles. The highest BCUT2D eigenvalue weighted by Crippen LogP contribution is 2.27. The lowest BCUT2D eigenvalue weighted by atomic mass is 10.1. The van der Waals surface area contributed by atoms with Crippen molar-refractivity contribution in [1.82, 2.24) is 0 Å². The monoisotopic (exact) mass is 252 g/mol. The standard InChI is InChI=1S/C13H20N2OS/c1-3-10(9-14)13(16)15-11-7-5-6-8-12(11)17-4-2/h5-8,10H,3-4,9,14H2,1-2H3,(H,15,16). The van der Waals surface area contributed by atoms with Crippen molar-refractivity contribution < 1.29 is 4.79 Å². The Bertz CT molecular complexity index is 364. The number of hydrogen-bond acceptors (Lipinski definition) is 3. The summed E-state index contributed by atoms with van der Waals surface area (Å²) in [5.74, 6) is 0.898. The van der Waals surface area contributed by atoms with E-state index in [0.717, 1.165) is 22.8 Å². The molecule has 0 aliphatic heterocycles. The Balaban J connectivity index is 2.76. The Labute approximate surface area is 107 Å². The number of nitrogens with one attached hydrogen (secondary N) is 1. The van der Waals surface area contributed by atoms with Crippen LogP contribution >= 0.6 is 11.8 Å². The number of benzene rings is 1. The van der Waals surface area contributed by atoms with E-state index in [0.29, 0.717) is 6.54 Å². The summed E-state index contributed by atoms with van der Waals surface area (Å²) in [5, 5.41) is 2.96. The number of thioether (sulfide) groups is 1. The van der Waals surface area contributed by atoms with Crippen LogP contribution in [0.2, 0.25) is 0 Å². The van der Waals surface area contributed by atoms with Crippen molar-refractivity contribution in [3.8, 4) is 0 Å². The smallest absolute Gasteiger partial charge is 0.228 e. The zero-order valence-electron chi connectivity index (χ0n) is 10.4. The molecule has 3 N–H and O–H groups in total. The Morgan fingerprint density at radius 1 is 1.41 bits per heavy atom. The maximum atomic E-state index is 11.9. The fourth-order valence-corrected chi connectivity index (χ4v) is 2.31. The molecule has 1 aromatic carbocycles. The predicted molar refractivity (Wildman–Crippen MR) is 74.3 cm³/mol. The van der Waals surface area contributed by atoms with Gasteiger partial charge in [0.15, 0.2) is 0 Å². The van der Waals surface area contributed by atoms with Crippen LogP contribution in [0.5, 0.6) is 0 Å². The molecule has 0 radical (unpaired) electrons. The third kappa shape index (κ3) is 4.06. The van der Waals surface area contributed by atoms with Gasteiger partial charge in [-0.2, -0.15) is 0 Å². The van der Waals surface area contributed by atoms with E-state index in [2.05, 4.69) is 12.2 Å². The van der Waals surface area contributed by atoms with Crippen LogP contribution in [0.4, 0.5) is 5.69 Å². The molecule has 1 unspecified atom stereocenters. The molecule has 0 bridgehead atoms. The van der Waals surface area contributed by atoms with Gasteiger partial charge in [0.05, 0.1) is 11.6 Å². The van der Waals surface area contributed by atoms with Crippen molar-refractivity contribution >= 4 is 23.4 Å². The van der Waals surface area contributed by atoms with Gasteiger partial charge in [0.25, 0.3) is 0 Å². The first kappa shape index (κ1) is 14.1. The summed E-state index contributed by atoms with van der Waals surface area (Å²) in [5.41, 5.74) is 6.45. The van der Waals surface area contributed by atoms with Crippen molar-refractivity contribution in [3.63, 3.8) is 0 Å². The van der Waals surface area contributed by atoms with E-state index in [1.807, 2.05) is 31.2 Å². The van der Waals surface area contributed by atoms with E-state index in [-0.39, 0.29) is 11.8 Å². The number of anilines is 1. The third-order valence-corrected chi connectivity index (χ3v) is 3.55. The summed E-state index contributed by atoms with van der Waals surface area (Å²) in [7, 11) is 0.